The fraction of sp³-hybridized carbons (Fsp3) is 0.250. The molecule has 276 valence electrons. The molecular weight excluding hydrogens is 866 g/mol. The van der Waals surface area contributed by atoms with Gasteiger partial charge in [0.15, 0.2) is 25.2 Å². The number of hydrogen-bond donors (Lipinski definition) is 5. The van der Waals surface area contributed by atoms with Crippen LogP contribution in [0.3, 0.4) is 0 Å². The fourth-order valence-electron chi connectivity index (χ4n) is 5.18. The summed E-state index contributed by atoms with van der Waals surface area (Å²) >= 11 is 8.82. The van der Waals surface area contributed by atoms with E-state index >= 15 is 0 Å². The number of nitrogens with one attached hydrogen (secondary N) is 1. The van der Waals surface area contributed by atoms with Crippen molar-refractivity contribution < 1.29 is 33.7 Å². The molecule has 8 rings (SSSR count). The van der Waals surface area contributed by atoms with Crippen LogP contribution in [0.1, 0.15) is 58.7 Å². The highest BCUT2D eigenvalue weighted by Gasteiger charge is 2.32. The van der Waals surface area contributed by atoms with Gasteiger partial charge in [0, 0.05) is 35.5 Å². The predicted molar refractivity (Wildman–Crippen MR) is 198 cm³/mol. The molecule has 2 aliphatic carbocycles. The molecule has 2 saturated carbocycles. The quantitative estimate of drug-likeness (QED) is 0.121. The molecule has 0 unspecified atom stereocenters. The number of nitrogens with two attached hydrogens (primary N) is 1. The van der Waals surface area contributed by atoms with Crippen LogP contribution in [0.25, 0.3) is 22.8 Å². The van der Waals surface area contributed by atoms with Crippen molar-refractivity contribution in [3.8, 4) is 22.8 Å². The second-order valence-corrected chi connectivity index (χ2v) is 16.0. The Hall–Kier alpha value is -4.54. The summed E-state index contributed by atoms with van der Waals surface area (Å²) in [5.41, 5.74) is 7.74. The number of carbonyl (C=O) groups excluding carboxylic acids is 1. The van der Waals surface area contributed by atoms with Gasteiger partial charge in [0.1, 0.15) is 28.5 Å². The monoisotopic (exact) mass is 892 g/mol. The number of aliphatic hydroxyl groups excluding tert-OH is 2. The van der Waals surface area contributed by atoms with Crippen LogP contribution in [0.15, 0.2) is 67.6 Å². The van der Waals surface area contributed by atoms with E-state index in [-0.39, 0.29) is 52.8 Å². The molecule has 2 aliphatic rings. The van der Waals surface area contributed by atoms with E-state index in [4.69, 9.17) is 10.8 Å². The third-order valence-electron chi connectivity index (χ3n) is 8.03. The van der Waals surface area contributed by atoms with Crippen LogP contribution in [-0.4, -0.2) is 78.9 Å². The van der Waals surface area contributed by atoms with Crippen molar-refractivity contribution in [1.29, 1.82) is 0 Å². The van der Waals surface area contributed by atoms with Gasteiger partial charge >= 0.3 is 5.97 Å². The minimum atomic E-state index is -0.989. The molecule has 53 heavy (non-hydrogen) atoms. The fourth-order valence-corrected chi connectivity index (χ4v) is 7.16. The van der Waals surface area contributed by atoms with Gasteiger partial charge in [-0.1, -0.05) is 0 Å². The lowest BCUT2D eigenvalue weighted by Crippen LogP contribution is -2.31. The van der Waals surface area contributed by atoms with Crippen molar-refractivity contribution in [3.05, 3.63) is 90.7 Å². The number of rotatable bonds is 7. The first kappa shape index (κ1) is 38.2. The normalized spacial score (nSPS) is 18.8. The molecular formula is C32H28Br2F2N10O5S2. The summed E-state index contributed by atoms with van der Waals surface area (Å²) in [6.07, 6.45) is 8.10. The minimum absolute atomic E-state index is 0.00888. The van der Waals surface area contributed by atoms with Crippen LogP contribution >= 0.6 is 54.5 Å². The number of carboxylic acid groups (broad SMARTS) is 1. The molecule has 0 saturated heterocycles. The van der Waals surface area contributed by atoms with E-state index in [2.05, 4.69) is 67.3 Å². The zero-order valence-electron chi connectivity index (χ0n) is 27.1. The molecule has 6 aromatic rings. The molecule has 2 fully saturated rings. The van der Waals surface area contributed by atoms with E-state index in [1.807, 2.05) is 0 Å². The Morgan fingerprint density at radius 3 is 1.74 bits per heavy atom. The number of thiazole rings is 2. The van der Waals surface area contributed by atoms with Gasteiger partial charge in [-0.05, 0) is 81.8 Å². The summed E-state index contributed by atoms with van der Waals surface area (Å²) in [6, 6.07) is 5.78. The Bertz CT molecular complexity index is 2240. The topological polar surface area (TPSA) is 220 Å². The van der Waals surface area contributed by atoms with Crippen LogP contribution in [0.4, 0.5) is 20.2 Å². The molecule has 0 radical (unpaired) electrons. The van der Waals surface area contributed by atoms with Gasteiger partial charge in [-0.3, -0.25) is 24.1 Å². The van der Waals surface area contributed by atoms with Gasteiger partial charge in [0.25, 0.3) is 5.91 Å². The first-order chi connectivity index (χ1) is 25.4. The number of nitrogen functional groups attached to an aromatic ring is 1. The number of hydrogen-bond acceptors (Lipinski definition) is 13. The molecule has 1 amide bonds. The maximum Gasteiger partial charge on any atom is 0.355 e. The van der Waals surface area contributed by atoms with Crippen molar-refractivity contribution in [2.24, 2.45) is 0 Å². The number of aliphatic hydroxyl groups is 2. The summed E-state index contributed by atoms with van der Waals surface area (Å²) in [4.78, 5) is 38.3. The van der Waals surface area contributed by atoms with Gasteiger partial charge in [-0.2, -0.15) is 10.2 Å². The SMILES string of the molecule is Nc1cn(C2CC(O)C2)nc1-c1ncccc1F.O=C(Nc1cn(C2CC(O)C2)nc1-c1ncccc1F)c1csc(Br)n1.O=C(O)c1csc(Br)n1. The third-order valence-corrected chi connectivity index (χ3v) is 10.8. The second kappa shape index (κ2) is 16.6. The van der Waals surface area contributed by atoms with E-state index in [0.717, 1.165) is 0 Å². The summed E-state index contributed by atoms with van der Waals surface area (Å²) < 4.78 is 32.3. The molecule has 6 heterocycles. The van der Waals surface area contributed by atoms with Crippen molar-refractivity contribution in [2.45, 2.75) is 50.0 Å². The highest BCUT2D eigenvalue weighted by molar-refractivity contribution is 9.11. The van der Waals surface area contributed by atoms with E-state index < -0.39 is 23.5 Å². The van der Waals surface area contributed by atoms with Crippen molar-refractivity contribution in [2.75, 3.05) is 11.1 Å². The molecule has 0 atom stereocenters. The van der Waals surface area contributed by atoms with Crippen LogP contribution < -0.4 is 11.1 Å². The number of aromatic nitrogens is 8. The largest absolute Gasteiger partial charge is 0.476 e. The molecule has 0 spiro atoms. The smallest absolute Gasteiger partial charge is 0.355 e. The van der Waals surface area contributed by atoms with Crippen LogP contribution in [0.2, 0.25) is 0 Å². The van der Waals surface area contributed by atoms with Gasteiger partial charge in [0.05, 0.1) is 35.7 Å². The van der Waals surface area contributed by atoms with Gasteiger partial charge in [0.2, 0.25) is 0 Å². The lowest BCUT2D eigenvalue weighted by atomic mass is 9.90. The number of halogens is 4. The number of nitrogens with zero attached hydrogens (tertiary/aromatic N) is 8. The number of carbonyl (C=O) groups is 2. The second-order valence-electron chi connectivity index (χ2n) is 11.7. The maximum absolute atomic E-state index is 14.2. The highest BCUT2D eigenvalue weighted by atomic mass is 79.9. The number of pyridine rings is 2. The molecule has 6 N–H and O–H groups in total. The molecule has 15 nitrogen and oxygen atoms in total. The average Bonchev–Trinajstić information content (AvgIpc) is 3.91. The molecule has 0 bridgehead atoms. The minimum Gasteiger partial charge on any atom is -0.476 e. The predicted octanol–water partition coefficient (Wildman–Crippen LogP) is 6.22. The lowest BCUT2D eigenvalue weighted by molar-refractivity contribution is 0.0432. The summed E-state index contributed by atoms with van der Waals surface area (Å²) in [5.74, 6) is -2.38. The Morgan fingerprint density at radius 2 is 1.28 bits per heavy atom. The molecule has 0 aliphatic heterocycles. The Kier molecular flexibility index (Phi) is 12.0. The summed E-state index contributed by atoms with van der Waals surface area (Å²) in [6.45, 7) is 0. The first-order valence-corrected chi connectivity index (χ1v) is 19.0. The van der Waals surface area contributed by atoms with Gasteiger partial charge in [-0.15, -0.1) is 22.7 Å². The van der Waals surface area contributed by atoms with Crippen LogP contribution in [0.5, 0.6) is 0 Å². The zero-order valence-corrected chi connectivity index (χ0v) is 31.9. The van der Waals surface area contributed by atoms with Crippen molar-refractivity contribution >= 4 is 77.8 Å². The van der Waals surface area contributed by atoms with E-state index in [0.29, 0.717) is 50.6 Å². The number of carboxylic acids is 1. The highest BCUT2D eigenvalue weighted by Crippen LogP contribution is 2.36. The lowest BCUT2D eigenvalue weighted by Gasteiger charge is -2.31. The number of aromatic carboxylic acids is 1. The van der Waals surface area contributed by atoms with Crippen LogP contribution in [-0.2, 0) is 0 Å². The Labute approximate surface area is 323 Å². The van der Waals surface area contributed by atoms with Gasteiger partial charge in [-0.25, -0.2) is 23.5 Å². The molecule has 0 aromatic carbocycles. The van der Waals surface area contributed by atoms with E-state index in [1.54, 1.807) is 27.1 Å². The van der Waals surface area contributed by atoms with E-state index in [9.17, 15) is 28.6 Å². The zero-order chi connectivity index (χ0) is 37.8. The van der Waals surface area contributed by atoms with Crippen molar-refractivity contribution in [3.63, 3.8) is 0 Å². The summed E-state index contributed by atoms with van der Waals surface area (Å²) in [7, 11) is 0. The van der Waals surface area contributed by atoms with Crippen LogP contribution in [0, 0.1) is 11.6 Å². The Balaban J connectivity index is 0.000000153. The van der Waals surface area contributed by atoms with E-state index in [1.165, 1.54) is 64.7 Å². The average molecular weight is 895 g/mol. The van der Waals surface area contributed by atoms with Gasteiger partial charge < -0.3 is 26.4 Å². The molecule has 21 heteroatoms. The third kappa shape index (κ3) is 9.16. The Morgan fingerprint density at radius 1 is 0.792 bits per heavy atom. The first-order valence-electron chi connectivity index (χ1n) is 15.6. The van der Waals surface area contributed by atoms with Crippen molar-refractivity contribution in [1.82, 2.24) is 39.5 Å². The molecule has 6 aromatic heterocycles. The number of anilines is 2. The maximum atomic E-state index is 14.2. The summed E-state index contributed by atoms with van der Waals surface area (Å²) in [5, 5.41) is 41.6. The standard InChI is InChI=1S/C16H13BrFN5O2S.C12H13FN4O.C4H2BrNO2S/c17-16-21-12(7-26-16)15(25)20-11-6-23(8-4-9(24)5-8)22-14(11)13-10(18)2-1-3-19-13;13-9-2-1-3-15-11(9)12-10(14)6-17(16-12)7-4-8(18)5-7;5-4-6-2(1-9-4)3(7)8/h1-3,6-9,24H,4-5H2,(H,20,25);1-3,6-8,18H,4-5,14H2;1H,(H,7,8). The number of amides is 1.